The molecule has 0 aliphatic carbocycles. The van der Waals surface area contributed by atoms with Crippen molar-refractivity contribution in [3.63, 3.8) is 0 Å². The number of aromatic amines is 1. The minimum absolute atomic E-state index is 0.257. The predicted molar refractivity (Wildman–Crippen MR) is 81.7 cm³/mol. The average molecular weight is 286 g/mol. The number of carbonyl (C=O) groups excluding carboxylic acids is 1. The minimum Gasteiger partial charge on any atom is -0.489 e. The van der Waals surface area contributed by atoms with Gasteiger partial charge in [-0.2, -0.15) is 0 Å². The number of hydrogen-bond donors (Lipinski definition) is 2. The third-order valence-electron chi connectivity index (χ3n) is 2.52. The summed E-state index contributed by atoms with van der Waals surface area (Å²) in [6, 6.07) is 10.6. The summed E-state index contributed by atoms with van der Waals surface area (Å²) in [5.41, 5.74) is 1.08. The van der Waals surface area contributed by atoms with Crippen LogP contribution in [0.3, 0.4) is 0 Å². The minimum atomic E-state index is -0.257. The molecule has 1 amide bonds. The molecule has 0 bridgehead atoms. The highest BCUT2D eigenvalue weighted by Crippen LogP contribution is 2.18. The van der Waals surface area contributed by atoms with Gasteiger partial charge >= 0.3 is 0 Å². The second-order valence-electron chi connectivity index (χ2n) is 3.99. The summed E-state index contributed by atoms with van der Waals surface area (Å²) < 4.78 is 5.82. The fraction of sp³-hybridized carbons (Fsp3) is 0.0667. The molecular formula is C15H14N2O2S. The molecule has 2 aromatic rings. The van der Waals surface area contributed by atoms with Crippen molar-refractivity contribution >= 4 is 23.8 Å². The van der Waals surface area contributed by atoms with E-state index in [1.165, 1.54) is 0 Å². The summed E-state index contributed by atoms with van der Waals surface area (Å²) in [5, 5.41) is 2.78. The van der Waals surface area contributed by atoms with Gasteiger partial charge in [0.05, 0.1) is 5.56 Å². The van der Waals surface area contributed by atoms with Crippen molar-refractivity contribution in [2.75, 3.05) is 11.9 Å². The molecule has 0 atom stereocenters. The quantitative estimate of drug-likeness (QED) is 0.652. The predicted octanol–water partition coefficient (Wildman–Crippen LogP) is 3.56. The van der Waals surface area contributed by atoms with Crippen LogP contribution in [-0.4, -0.2) is 17.5 Å². The van der Waals surface area contributed by atoms with Gasteiger partial charge in [0.25, 0.3) is 5.91 Å². The van der Waals surface area contributed by atoms with Crippen LogP contribution < -0.4 is 10.1 Å². The zero-order valence-electron chi connectivity index (χ0n) is 10.8. The first-order valence-electron chi connectivity index (χ1n) is 6.03. The Morgan fingerprint density at radius 3 is 3.00 bits per heavy atom. The van der Waals surface area contributed by atoms with Crippen molar-refractivity contribution in [1.29, 1.82) is 0 Å². The van der Waals surface area contributed by atoms with Crippen LogP contribution in [0.5, 0.6) is 5.75 Å². The van der Waals surface area contributed by atoms with Crippen LogP contribution in [0.25, 0.3) is 0 Å². The first-order valence-corrected chi connectivity index (χ1v) is 6.44. The van der Waals surface area contributed by atoms with Crippen molar-refractivity contribution in [2.45, 2.75) is 0 Å². The summed E-state index contributed by atoms with van der Waals surface area (Å²) in [5.74, 6) is 0.411. The van der Waals surface area contributed by atoms with E-state index in [1.54, 1.807) is 42.6 Å². The van der Waals surface area contributed by atoms with E-state index in [0.717, 1.165) is 0 Å². The van der Waals surface area contributed by atoms with E-state index < -0.39 is 0 Å². The van der Waals surface area contributed by atoms with Gasteiger partial charge in [0, 0.05) is 18.0 Å². The van der Waals surface area contributed by atoms with Crippen molar-refractivity contribution in [2.24, 2.45) is 0 Å². The van der Waals surface area contributed by atoms with Crippen LogP contribution >= 0.6 is 12.2 Å². The number of aromatic nitrogens is 1. The van der Waals surface area contributed by atoms with Gasteiger partial charge in [0.15, 0.2) is 0 Å². The van der Waals surface area contributed by atoms with E-state index in [4.69, 9.17) is 17.0 Å². The van der Waals surface area contributed by atoms with Crippen molar-refractivity contribution < 1.29 is 9.53 Å². The summed E-state index contributed by atoms with van der Waals surface area (Å²) in [4.78, 5) is 14.9. The maximum atomic E-state index is 12.1. The molecule has 5 heteroatoms. The monoisotopic (exact) mass is 286 g/mol. The number of hydrogen-bond acceptors (Lipinski definition) is 3. The van der Waals surface area contributed by atoms with E-state index in [2.05, 4.69) is 16.9 Å². The van der Waals surface area contributed by atoms with Gasteiger partial charge in [0.2, 0.25) is 0 Å². The molecule has 0 saturated heterocycles. The number of ether oxygens (including phenoxy) is 1. The second kappa shape index (κ2) is 6.68. The Balaban J connectivity index is 2.14. The van der Waals surface area contributed by atoms with Crippen molar-refractivity contribution in [3.8, 4) is 5.75 Å². The topological polar surface area (TPSA) is 54.1 Å². The Bertz CT molecular complexity index is 679. The molecule has 102 valence electrons. The lowest BCUT2D eigenvalue weighted by Crippen LogP contribution is -2.12. The zero-order chi connectivity index (χ0) is 14.4. The van der Waals surface area contributed by atoms with Gasteiger partial charge in [-0.1, -0.05) is 30.9 Å². The number of H-pyrrole nitrogens is 1. The van der Waals surface area contributed by atoms with Gasteiger partial charge in [-0.15, -0.1) is 0 Å². The summed E-state index contributed by atoms with van der Waals surface area (Å²) in [6.07, 6.45) is 3.34. The highest BCUT2D eigenvalue weighted by atomic mass is 32.1. The van der Waals surface area contributed by atoms with E-state index in [1.807, 2.05) is 6.07 Å². The van der Waals surface area contributed by atoms with Gasteiger partial charge < -0.3 is 15.0 Å². The Morgan fingerprint density at radius 1 is 1.40 bits per heavy atom. The Morgan fingerprint density at radius 2 is 2.25 bits per heavy atom. The van der Waals surface area contributed by atoms with Crippen LogP contribution in [0.4, 0.5) is 5.69 Å². The molecule has 4 nitrogen and oxygen atoms in total. The molecule has 1 aromatic carbocycles. The lowest BCUT2D eigenvalue weighted by molar-refractivity contribution is 0.102. The second-order valence-corrected chi connectivity index (χ2v) is 4.40. The fourth-order valence-corrected chi connectivity index (χ4v) is 1.85. The van der Waals surface area contributed by atoms with Gasteiger partial charge in [-0.05, 0) is 24.3 Å². The first-order chi connectivity index (χ1) is 9.70. The molecular weight excluding hydrogens is 272 g/mol. The first kappa shape index (κ1) is 14.0. The molecule has 0 saturated carbocycles. The number of pyridine rings is 1. The summed E-state index contributed by atoms with van der Waals surface area (Å²) in [7, 11) is 0. The number of rotatable bonds is 5. The van der Waals surface area contributed by atoms with Crippen LogP contribution in [-0.2, 0) is 0 Å². The Hall–Kier alpha value is -2.40. The van der Waals surface area contributed by atoms with Gasteiger partial charge in [0.1, 0.15) is 17.0 Å². The van der Waals surface area contributed by atoms with E-state index >= 15 is 0 Å². The number of benzene rings is 1. The summed E-state index contributed by atoms with van der Waals surface area (Å²) >= 11 is 5.08. The molecule has 0 aliphatic rings. The third kappa shape index (κ3) is 3.55. The zero-order valence-corrected chi connectivity index (χ0v) is 11.6. The highest BCUT2D eigenvalue weighted by Gasteiger charge is 2.08. The molecule has 1 heterocycles. The molecule has 0 unspecified atom stereocenters. The molecule has 0 radical (unpaired) electrons. The maximum absolute atomic E-state index is 12.1. The molecule has 2 N–H and O–H groups in total. The van der Waals surface area contributed by atoms with Crippen LogP contribution in [0.15, 0.2) is 55.3 Å². The Kier molecular flexibility index (Phi) is 4.68. The van der Waals surface area contributed by atoms with Crippen LogP contribution in [0.1, 0.15) is 10.4 Å². The van der Waals surface area contributed by atoms with E-state index in [9.17, 15) is 4.79 Å². The molecule has 0 fully saturated rings. The molecule has 0 aliphatic heterocycles. The number of amides is 1. The molecule has 1 aromatic heterocycles. The molecule has 0 spiro atoms. The standard InChI is InChI=1S/C15H14N2O2S/c1-2-9-19-12-6-3-5-11(10-12)17-14(18)13-7-4-8-16-15(13)20/h2-8,10H,1,9H2,(H,16,20)(H,17,18). The molecule has 20 heavy (non-hydrogen) atoms. The Labute approximate surface area is 122 Å². The third-order valence-corrected chi connectivity index (χ3v) is 2.86. The SMILES string of the molecule is C=CCOc1cccc(NC(=O)c2ccc[nH]c2=S)c1. The fourth-order valence-electron chi connectivity index (χ4n) is 1.62. The average Bonchev–Trinajstić information content (AvgIpc) is 2.46. The smallest absolute Gasteiger partial charge is 0.258 e. The molecule has 2 rings (SSSR count). The van der Waals surface area contributed by atoms with Crippen molar-refractivity contribution in [1.82, 2.24) is 4.98 Å². The van der Waals surface area contributed by atoms with Gasteiger partial charge in [-0.3, -0.25) is 4.79 Å². The number of carbonyl (C=O) groups is 1. The van der Waals surface area contributed by atoms with E-state index in [0.29, 0.717) is 28.2 Å². The summed E-state index contributed by atoms with van der Waals surface area (Å²) in [6.45, 7) is 4.00. The highest BCUT2D eigenvalue weighted by molar-refractivity contribution is 7.71. The van der Waals surface area contributed by atoms with E-state index in [-0.39, 0.29) is 5.91 Å². The number of nitrogens with one attached hydrogen (secondary N) is 2. The number of anilines is 1. The lowest BCUT2D eigenvalue weighted by Gasteiger charge is -2.08. The normalized spacial score (nSPS) is 9.80. The largest absolute Gasteiger partial charge is 0.489 e. The van der Waals surface area contributed by atoms with Crippen LogP contribution in [0.2, 0.25) is 0 Å². The van der Waals surface area contributed by atoms with Crippen LogP contribution in [0, 0.1) is 4.64 Å². The lowest BCUT2D eigenvalue weighted by atomic mass is 10.2. The maximum Gasteiger partial charge on any atom is 0.258 e. The van der Waals surface area contributed by atoms with Crippen molar-refractivity contribution in [3.05, 3.63) is 65.5 Å². The van der Waals surface area contributed by atoms with Gasteiger partial charge in [-0.25, -0.2) is 0 Å².